The molecule has 0 radical (unpaired) electrons. The maximum Gasteiger partial charge on any atom is 0.251 e. The number of amides is 1. The van der Waals surface area contributed by atoms with Crippen molar-refractivity contribution in [2.75, 3.05) is 10.7 Å². The normalized spacial score (nSPS) is 17.8. The number of benzene rings is 3. The lowest BCUT2D eigenvalue weighted by Crippen LogP contribution is -2.36. The van der Waals surface area contributed by atoms with E-state index in [1.807, 2.05) is 24.3 Å². The van der Waals surface area contributed by atoms with Crippen molar-refractivity contribution in [2.45, 2.75) is 87.1 Å². The minimum Gasteiger partial charge on any atom is -0.344 e. The van der Waals surface area contributed by atoms with Crippen LogP contribution in [0.15, 0.2) is 71.6 Å². The molecule has 0 saturated heterocycles. The third kappa shape index (κ3) is 6.04. The topological polar surface area (TPSA) is 90.3 Å². The van der Waals surface area contributed by atoms with E-state index < -0.39 is 15.9 Å². The molecule has 6 rings (SSSR count). The van der Waals surface area contributed by atoms with Crippen LogP contribution in [0.25, 0.3) is 0 Å². The zero-order chi connectivity index (χ0) is 28.6. The SMILES string of the molecule is CCS(=O)(=O)c1ccc([C@H](CC#N)NC(=O)c2ccc(N(c3cc(C4CC4)cc(C4CC4)c3)C3CCC3)cc2)cc1. The molecule has 3 aliphatic rings. The summed E-state index contributed by atoms with van der Waals surface area (Å²) < 4.78 is 24.3. The number of nitrogens with zero attached hydrogens (tertiary/aromatic N) is 2. The van der Waals surface area contributed by atoms with Crippen molar-refractivity contribution in [3.8, 4) is 6.07 Å². The molecule has 3 aromatic rings. The summed E-state index contributed by atoms with van der Waals surface area (Å²) in [7, 11) is -3.32. The number of hydrogen-bond donors (Lipinski definition) is 1. The van der Waals surface area contributed by atoms with E-state index in [-0.39, 0.29) is 23.0 Å². The fraction of sp³-hybridized carbons (Fsp3) is 0.412. The van der Waals surface area contributed by atoms with E-state index in [4.69, 9.17) is 0 Å². The van der Waals surface area contributed by atoms with Crippen molar-refractivity contribution in [3.05, 3.63) is 89.0 Å². The standard InChI is InChI=1S/C34H37N3O3S/c1-2-41(39,40)32-16-12-25(13-17-32)33(18-19-35)36-34(38)26-10-14-30(15-11-26)37(29-4-3-5-29)31-21-27(23-6-7-23)20-28(22-31)24-8-9-24/h10-17,20-24,29,33H,2-9,18H2,1H3,(H,36,38)/t33-/m0/s1. The average molecular weight is 568 g/mol. The Hall–Kier alpha value is -3.63. The van der Waals surface area contributed by atoms with Crippen LogP contribution in [0, 0.1) is 11.3 Å². The van der Waals surface area contributed by atoms with Gasteiger partial charge in [0, 0.05) is 23.0 Å². The van der Waals surface area contributed by atoms with E-state index >= 15 is 0 Å². The van der Waals surface area contributed by atoms with Gasteiger partial charge in [0.25, 0.3) is 5.91 Å². The summed E-state index contributed by atoms with van der Waals surface area (Å²) in [5.74, 6) is 1.17. The highest BCUT2D eigenvalue weighted by Gasteiger charge is 2.32. The molecular formula is C34H37N3O3S. The van der Waals surface area contributed by atoms with Gasteiger partial charge in [0.2, 0.25) is 0 Å². The Kier molecular flexibility index (Phi) is 7.61. The van der Waals surface area contributed by atoms with Gasteiger partial charge in [-0.1, -0.05) is 25.1 Å². The van der Waals surface area contributed by atoms with E-state index in [0.717, 1.165) is 5.69 Å². The van der Waals surface area contributed by atoms with Crippen molar-refractivity contribution in [3.63, 3.8) is 0 Å². The number of nitrogens with one attached hydrogen (secondary N) is 1. The van der Waals surface area contributed by atoms with Crippen LogP contribution in [-0.4, -0.2) is 26.1 Å². The van der Waals surface area contributed by atoms with Crippen LogP contribution < -0.4 is 10.2 Å². The molecule has 1 N–H and O–H groups in total. The predicted molar refractivity (Wildman–Crippen MR) is 161 cm³/mol. The molecule has 3 aliphatic carbocycles. The molecule has 0 aromatic heterocycles. The van der Waals surface area contributed by atoms with E-state index in [1.165, 1.54) is 61.8 Å². The van der Waals surface area contributed by atoms with Crippen LogP contribution in [0.1, 0.15) is 103 Å². The van der Waals surface area contributed by atoms with Crippen molar-refractivity contribution in [1.29, 1.82) is 5.26 Å². The molecule has 3 fully saturated rings. The Balaban J connectivity index is 1.22. The predicted octanol–water partition coefficient (Wildman–Crippen LogP) is 7.31. The van der Waals surface area contributed by atoms with Crippen LogP contribution in [0.2, 0.25) is 0 Å². The number of hydrogen-bond acceptors (Lipinski definition) is 5. The van der Waals surface area contributed by atoms with Gasteiger partial charge in [-0.15, -0.1) is 0 Å². The first-order chi connectivity index (χ1) is 19.9. The summed E-state index contributed by atoms with van der Waals surface area (Å²) in [6.45, 7) is 1.61. The monoisotopic (exact) mass is 567 g/mol. The number of rotatable bonds is 11. The Morgan fingerprint density at radius 3 is 2.00 bits per heavy atom. The fourth-order valence-corrected chi connectivity index (χ4v) is 6.64. The molecule has 1 atom stereocenters. The van der Waals surface area contributed by atoms with Crippen molar-refractivity contribution in [2.24, 2.45) is 0 Å². The fourth-order valence-electron chi connectivity index (χ4n) is 5.75. The second-order valence-electron chi connectivity index (χ2n) is 11.8. The van der Waals surface area contributed by atoms with Crippen molar-refractivity contribution >= 4 is 27.1 Å². The lowest BCUT2D eigenvalue weighted by atomic mass is 9.89. The van der Waals surface area contributed by atoms with Gasteiger partial charge in [0.1, 0.15) is 0 Å². The van der Waals surface area contributed by atoms with Gasteiger partial charge >= 0.3 is 0 Å². The highest BCUT2D eigenvalue weighted by atomic mass is 32.2. The van der Waals surface area contributed by atoms with Crippen LogP contribution >= 0.6 is 0 Å². The van der Waals surface area contributed by atoms with Gasteiger partial charge in [-0.05, 0) is 122 Å². The minimum atomic E-state index is -3.32. The first-order valence-corrected chi connectivity index (χ1v) is 16.6. The number of anilines is 2. The highest BCUT2D eigenvalue weighted by molar-refractivity contribution is 7.91. The summed E-state index contributed by atoms with van der Waals surface area (Å²) in [4.78, 5) is 16.0. The second-order valence-corrected chi connectivity index (χ2v) is 14.0. The third-order valence-corrected chi connectivity index (χ3v) is 10.6. The summed E-state index contributed by atoms with van der Waals surface area (Å²) >= 11 is 0. The lowest BCUT2D eigenvalue weighted by molar-refractivity contribution is 0.0937. The quantitative estimate of drug-likeness (QED) is 0.262. The first kappa shape index (κ1) is 27.5. The van der Waals surface area contributed by atoms with Crippen molar-refractivity contribution < 1.29 is 13.2 Å². The third-order valence-electron chi connectivity index (χ3n) is 8.81. The van der Waals surface area contributed by atoms with Gasteiger partial charge < -0.3 is 10.2 Å². The molecule has 6 nitrogen and oxygen atoms in total. The molecule has 0 bridgehead atoms. The maximum absolute atomic E-state index is 13.3. The Morgan fingerprint density at radius 1 is 0.902 bits per heavy atom. The Bertz CT molecular complexity index is 1530. The summed E-state index contributed by atoms with van der Waals surface area (Å²) in [5.41, 5.74) is 6.57. The molecule has 1 amide bonds. The van der Waals surface area contributed by atoms with E-state index in [9.17, 15) is 18.5 Å². The minimum absolute atomic E-state index is 0.0203. The van der Waals surface area contributed by atoms with E-state index in [1.54, 1.807) is 31.2 Å². The molecule has 0 spiro atoms. The highest BCUT2D eigenvalue weighted by Crippen LogP contribution is 2.48. The largest absolute Gasteiger partial charge is 0.344 e. The Morgan fingerprint density at radius 2 is 1.51 bits per heavy atom. The van der Waals surface area contributed by atoms with Gasteiger partial charge in [0.05, 0.1) is 29.2 Å². The number of carbonyl (C=O) groups is 1. The molecular weight excluding hydrogens is 530 g/mol. The number of nitriles is 1. The zero-order valence-corrected chi connectivity index (χ0v) is 24.4. The summed E-state index contributed by atoms with van der Waals surface area (Å²) in [6, 6.07) is 23.5. The Labute approximate surface area is 243 Å². The molecule has 212 valence electrons. The smallest absolute Gasteiger partial charge is 0.251 e. The second kappa shape index (κ2) is 11.3. The van der Waals surface area contributed by atoms with Gasteiger partial charge in [-0.3, -0.25) is 4.79 Å². The summed E-state index contributed by atoms with van der Waals surface area (Å²) in [6.07, 6.45) is 8.81. The zero-order valence-electron chi connectivity index (χ0n) is 23.6. The van der Waals surface area contributed by atoms with Crippen molar-refractivity contribution in [1.82, 2.24) is 5.32 Å². The molecule has 0 unspecified atom stereocenters. The molecule has 41 heavy (non-hydrogen) atoms. The number of carbonyl (C=O) groups excluding carboxylic acids is 1. The van der Waals surface area contributed by atoms with E-state index in [0.29, 0.717) is 29.0 Å². The lowest BCUT2D eigenvalue weighted by Gasteiger charge is -2.40. The first-order valence-electron chi connectivity index (χ1n) is 14.9. The van der Waals surface area contributed by atoms with Gasteiger partial charge in [0.15, 0.2) is 9.84 Å². The summed E-state index contributed by atoms with van der Waals surface area (Å²) in [5, 5.41) is 12.4. The molecule has 7 heteroatoms. The molecule has 0 heterocycles. The maximum atomic E-state index is 13.3. The van der Waals surface area contributed by atoms with Crippen LogP contribution in [0.4, 0.5) is 11.4 Å². The molecule has 0 aliphatic heterocycles. The number of sulfone groups is 1. The van der Waals surface area contributed by atoms with Crippen LogP contribution in [0.5, 0.6) is 0 Å². The molecule has 3 saturated carbocycles. The van der Waals surface area contributed by atoms with Gasteiger partial charge in [-0.25, -0.2) is 8.42 Å². The van der Waals surface area contributed by atoms with Crippen LogP contribution in [0.3, 0.4) is 0 Å². The van der Waals surface area contributed by atoms with E-state index in [2.05, 4.69) is 34.5 Å². The van der Waals surface area contributed by atoms with Crippen LogP contribution in [-0.2, 0) is 9.84 Å². The molecule has 3 aromatic carbocycles. The van der Waals surface area contributed by atoms with Gasteiger partial charge in [-0.2, -0.15) is 5.26 Å². The average Bonchev–Trinajstić information content (AvgIpc) is 3.88.